The number of methoxy groups -OCH3 is 1. The number of nitrogens with two attached hydrogens (primary N) is 1. The Labute approximate surface area is 122 Å². The van der Waals surface area contributed by atoms with Gasteiger partial charge >= 0.3 is 0 Å². The number of hydrogen-bond donors (Lipinski definition) is 1. The summed E-state index contributed by atoms with van der Waals surface area (Å²) in [6, 6.07) is 6.15. The molecule has 1 aliphatic carbocycles. The van der Waals surface area contributed by atoms with Gasteiger partial charge < -0.3 is 15.2 Å². The highest BCUT2D eigenvalue weighted by atomic mass is 16.5. The van der Waals surface area contributed by atoms with Crippen LogP contribution in [0, 0.1) is 5.92 Å². The Morgan fingerprint density at radius 3 is 2.70 bits per heavy atom. The lowest BCUT2D eigenvalue weighted by Gasteiger charge is -2.31. The van der Waals surface area contributed by atoms with E-state index in [1.807, 2.05) is 6.07 Å². The second kappa shape index (κ2) is 7.53. The second-order valence-corrected chi connectivity index (χ2v) is 5.63. The molecule has 1 saturated carbocycles. The van der Waals surface area contributed by atoms with Gasteiger partial charge in [0.1, 0.15) is 6.10 Å². The molecule has 0 heterocycles. The largest absolute Gasteiger partial charge is 0.493 e. The zero-order chi connectivity index (χ0) is 14.4. The zero-order valence-corrected chi connectivity index (χ0v) is 12.7. The van der Waals surface area contributed by atoms with Crippen LogP contribution in [0.4, 0.5) is 0 Å². The molecule has 20 heavy (non-hydrogen) atoms. The second-order valence-electron chi connectivity index (χ2n) is 5.63. The van der Waals surface area contributed by atoms with Crippen molar-refractivity contribution in [3.8, 4) is 11.5 Å². The van der Waals surface area contributed by atoms with Crippen molar-refractivity contribution < 1.29 is 9.47 Å². The lowest BCUT2D eigenvalue weighted by Crippen LogP contribution is -2.30. The first kappa shape index (κ1) is 15.2. The molecule has 0 bridgehead atoms. The Hall–Kier alpha value is -1.22. The molecule has 0 radical (unpaired) electrons. The molecule has 1 aromatic rings. The molecule has 0 spiro atoms. The topological polar surface area (TPSA) is 44.5 Å². The fraction of sp³-hybridized carbons (Fsp3) is 0.647. The smallest absolute Gasteiger partial charge is 0.161 e. The van der Waals surface area contributed by atoms with E-state index in [4.69, 9.17) is 15.2 Å². The van der Waals surface area contributed by atoms with Gasteiger partial charge in [0.25, 0.3) is 0 Å². The van der Waals surface area contributed by atoms with Crippen molar-refractivity contribution in [1.29, 1.82) is 0 Å². The van der Waals surface area contributed by atoms with Gasteiger partial charge in [-0.25, -0.2) is 0 Å². The van der Waals surface area contributed by atoms with Crippen molar-refractivity contribution in [2.45, 2.75) is 51.6 Å². The molecule has 1 aliphatic rings. The molecule has 2 rings (SSSR count). The maximum Gasteiger partial charge on any atom is 0.161 e. The van der Waals surface area contributed by atoms with Gasteiger partial charge in [-0.2, -0.15) is 0 Å². The first-order chi connectivity index (χ1) is 9.78. The van der Waals surface area contributed by atoms with E-state index in [0.717, 1.165) is 24.3 Å². The summed E-state index contributed by atoms with van der Waals surface area (Å²) in [5.74, 6) is 2.38. The third-order valence-corrected chi connectivity index (χ3v) is 4.30. The summed E-state index contributed by atoms with van der Waals surface area (Å²) in [7, 11) is 1.70. The summed E-state index contributed by atoms with van der Waals surface area (Å²) in [6.07, 6.45) is 7.44. The van der Waals surface area contributed by atoms with Crippen LogP contribution < -0.4 is 15.2 Å². The maximum absolute atomic E-state index is 6.30. The summed E-state index contributed by atoms with van der Waals surface area (Å²) in [5.41, 5.74) is 6.85. The lowest BCUT2D eigenvalue weighted by atomic mass is 9.85. The average Bonchev–Trinajstić information content (AvgIpc) is 2.48. The summed E-state index contributed by atoms with van der Waals surface area (Å²) >= 11 is 0. The van der Waals surface area contributed by atoms with Crippen molar-refractivity contribution in [2.24, 2.45) is 11.7 Å². The Balaban J connectivity index is 2.15. The van der Waals surface area contributed by atoms with E-state index in [-0.39, 0.29) is 0 Å². The first-order valence-corrected chi connectivity index (χ1v) is 7.82. The molecule has 2 N–H and O–H groups in total. The van der Waals surface area contributed by atoms with Crippen molar-refractivity contribution in [2.75, 3.05) is 13.7 Å². The van der Waals surface area contributed by atoms with Gasteiger partial charge in [-0.15, -0.1) is 0 Å². The number of ether oxygens (including phenoxy) is 2. The zero-order valence-electron chi connectivity index (χ0n) is 12.7. The Kier molecular flexibility index (Phi) is 5.72. The Bertz CT molecular complexity index is 419. The van der Waals surface area contributed by atoms with E-state index >= 15 is 0 Å². The first-order valence-electron chi connectivity index (χ1n) is 7.82. The molecule has 0 amide bonds. The fourth-order valence-corrected chi connectivity index (χ4v) is 3.09. The third kappa shape index (κ3) is 3.66. The minimum absolute atomic E-state index is 0.329. The van der Waals surface area contributed by atoms with Crippen LogP contribution in [0.25, 0.3) is 0 Å². The van der Waals surface area contributed by atoms with E-state index in [9.17, 15) is 0 Å². The van der Waals surface area contributed by atoms with Crippen LogP contribution in [0.5, 0.6) is 11.5 Å². The van der Waals surface area contributed by atoms with E-state index < -0.39 is 0 Å². The van der Waals surface area contributed by atoms with Crippen LogP contribution in [0.1, 0.15) is 44.6 Å². The van der Waals surface area contributed by atoms with E-state index in [1.165, 1.54) is 31.2 Å². The summed E-state index contributed by atoms with van der Waals surface area (Å²) < 4.78 is 11.7. The maximum atomic E-state index is 6.30. The lowest BCUT2D eigenvalue weighted by molar-refractivity contribution is 0.0872. The van der Waals surface area contributed by atoms with Crippen molar-refractivity contribution in [3.05, 3.63) is 23.8 Å². The van der Waals surface area contributed by atoms with E-state index in [1.54, 1.807) is 7.11 Å². The van der Waals surface area contributed by atoms with Crippen molar-refractivity contribution in [1.82, 2.24) is 0 Å². The Morgan fingerprint density at radius 1 is 1.20 bits per heavy atom. The number of hydrogen-bond acceptors (Lipinski definition) is 3. The van der Waals surface area contributed by atoms with Gasteiger partial charge in [0.05, 0.1) is 7.11 Å². The fourth-order valence-electron chi connectivity index (χ4n) is 3.09. The minimum Gasteiger partial charge on any atom is -0.493 e. The third-order valence-electron chi connectivity index (χ3n) is 4.30. The SMILES string of the molecule is CCC1CCCCC1Oc1cc(CCN)ccc1OC. The molecule has 0 aliphatic heterocycles. The van der Waals surface area contributed by atoms with E-state index in [0.29, 0.717) is 18.6 Å². The molecule has 0 saturated heterocycles. The predicted molar refractivity (Wildman–Crippen MR) is 82.4 cm³/mol. The van der Waals surface area contributed by atoms with Crippen molar-refractivity contribution in [3.63, 3.8) is 0 Å². The van der Waals surface area contributed by atoms with Crippen LogP contribution in [-0.2, 0) is 6.42 Å². The molecule has 3 nitrogen and oxygen atoms in total. The molecule has 2 atom stereocenters. The van der Waals surface area contributed by atoms with Crippen LogP contribution in [0.2, 0.25) is 0 Å². The molecule has 1 fully saturated rings. The molecular weight excluding hydrogens is 250 g/mol. The highest BCUT2D eigenvalue weighted by Crippen LogP contribution is 2.35. The Morgan fingerprint density at radius 2 is 2.00 bits per heavy atom. The average molecular weight is 277 g/mol. The van der Waals surface area contributed by atoms with Crippen LogP contribution in [-0.4, -0.2) is 19.8 Å². The van der Waals surface area contributed by atoms with E-state index in [2.05, 4.69) is 19.1 Å². The highest BCUT2D eigenvalue weighted by molar-refractivity contribution is 5.43. The molecule has 112 valence electrons. The molecule has 1 aromatic carbocycles. The standard InChI is InChI=1S/C17H27NO2/c1-3-14-6-4-5-7-15(14)20-17-12-13(10-11-18)8-9-16(17)19-2/h8-9,12,14-15H,3-7,10-11,18H2,1-2H3. The summed E-state index contributed by atoms with van der Waals surface area (Å²) in [4.78, 5) is 0. The van der Waals surface area contributed by atoms with Gasteiger partial charge in [0.2, 0.25) is 0 Å². The van der Waals surface area contributed by atoms with Gasteiger partial charge in [-0.05, 0) is 62.3 Å². The minimum atomic E-state index is 0.329. The normalized spacial score (nSPS) is 22.6. The van der Waals surface area contributed by atoms with Crippen molar-refractivity contribution >= 4 is 0 Å². The molecule has 2 unspecified atom stereocenters. The summed E-state index contributed by atoms with van der Waals surface area (Å²) in [6.45, 7) is 2.92. The summed E-state index contributed by atoms with van der Waals surface area (Å²) in [5, 5.41) is 0. The van der Waals surface area contributed by atoms with Gasteiger partial charge in [-0.3, -0.25) is 0 Å². The van der Waals surface area contributed by atoms with Crippen LogP contribution >= 0.6 is 0 Å². The van der Waals surface area contributed by atoms with Crippen LogP contribution in [0.15, 0.2) is 18.2 Å². The molecule has 0 aromatic heterocycles. The van der Waals surface area contributed by atoms with Gasteiger partial charge in [-0.1, -0.05) is 19.4 Å². The van der Waals surface area contributed by atoms with Crippen LogP contribution in [0.3, 0.4) is 0 Å². The predicted octanol–water partition coefficient (Wildman–Crippen LogP) is 3.54. The molecule has 3 heteroatoms. The highest BCUT2D eigenvalue weighted by Gasteiger charge is 2.26. The quantitative estimate of drug-likeness (QED) is 0.865. The number of rotatable bonds is 6. The number of benzene rings is 1. The molecular formula is C17H27NO2. The van der Waals surface area contributed by atoms with Gasteiger partial charge in [0.15, 0.2) is 11.5 Å². The monoisotopic (exact) mass is 277 g/mol. The van der Waals surface area contributed by atoms with Gasteiger partial charge in [0, 0.05) is 0 Å².